The van der Waals surface area contributed by atoms with Gasteiger partial charge in [-0.2, -0.15) is 0 Å². The van der Waals surface area contributed by atoms with Crippen molar-refractivity contribution in [3.05, 3.63) is 95.2 Å². The van der Waals surface area contributed by atoms with Gasteiger partial charge in [-0.25, -0.2) is 4.98 Å². The molecule has 0 unspecified atom stereocenters. The molecule has 0 saturated heterocycles. The van der Waals surface area contributed by atoms with E-state index < -0.39 is 0 Å². The van der Waals surface area contributed by atoms with Crippen LogP contribution in [0.15, 0.2) is 67.0 Å². The van der Waals surface area contributed by atoms with Gasteiger partial charge in [-0.1, -0.05) is 24.3 Å². The fraction of sp³-hybridized carbons (Fsp3) is 0.160. The smallest absolute Gasteiger partial charge is 0.255 e. The number of imidazole rings is 1. The first-order valence-corrected chi connectivity index (χ1v) is 10.2. The average molecular weight is 412 g/mol. The first-order valence-electron chi connectivity index (χ1n) is 10.2. The fourth-order valence-corrected chi connectivity index (χ4v) is 3.37. The summed E-state index contributed by atoms with van der Waals surface area (Å²) in [5.41, 5.74) is 5.97. The predicted octanol–water partition coefficient (Wildman–Crippen LogP) is 4.39. The SMILES string of the molecule is Cc1c(CCCO)nc2ccc(NC(=O)c3ccc(/C=C/c4ccccn4)cc3)cn12. The number of fused-ring (bicyclic) bond motifs is 1. The van der Waals surface area contributed by atoms with Gasteiger partial charge in [0, 0.05) is 30.3 Å². The highest BCUT2D eigenvalue weighted by molar-refractivity contribution is 6.04. The Labute approximate surface area is 180 Å². The second-order valence-electron chi connectivity index (χ2n) is 7.28. The second kappa shape index (κ2) is 9.36. The molecule has 4 rings (SSSR count). The quantitative estimate of drug-likeness (QED) is 0.472. The van der Waals surface area contributed by atoms with Crippen LogP contribution in [0.2, 0.25) is 0 Å². The normalized spacial score (nSPS) is 11.3. The molecule has 1 aromatic carbocycles. The molecule has 156 valence electrons. The van der Waals surface area contributed by atoms with Gasteiger partial charge in [0.25, 0.3) is 5.91 Å². The number of amides is 1. The molecule has 0 fully saturated rings. The van der Waals surface area contributed by atoms with E-state index in [9.17, 15) is 4.79 Å². The molecule has 2 N–H and O–H groups in total. The van der Waals surface area contributed by atoms with Gasteiger partial charge in [0.2, 0.25) is 0 Å². The largest absolute Gasteiger partial charge is 0.396 e. The Morgan fingerprint density at radius 2 is 1.94 bits per heavy atom. The molecule has 0 saturated carbocycles. The zero-order valence-corrected chi connectivity index (χ0v) is 17.3. The number of aromatic nitrogens is 3. The minimum absolute atomic E-state index is 0.145. The molecule has 1 amide bonds. The maximum atomic E-state index is 12.7. The number of hydrogen-bond donors (Lipinski definition) is 2. The lowest BCUT2D eigenvalue weighted by molar-refractivity contribution is 0.102. The van der Waals surface area contributed by atoms with Crippen molar-refractivity contribution < 1.29 is 9.90 Å². The molecular formula is C25H24N4O2. The second-order valence-corrected chi connectivity index (χ2v) is 7.28. The van der Waals surface area contributed by atoms with Gasteiger partial charge in [0.15, 0.2) is 0 Å². The van der Waals surface area contributed by atoms with Crippen molar-refractivity contribution in [2.45, 2.75) is 19.8 Å². The third kappa shape index (κ3) is 4.87. The summed E-state index contributed by atoms with van der Waals surface area (Å²) in [6.07, 6.45) is 8.95. The van der Waals surface area contributed by atoms with Gasteiger partial charge in [0.05, 0.1) is 17.1 Å². The highest BCUT2D eigenvalue weighted by atomic mass is 16.2. The molecular weight excluding hydrogens is 388 g/mol. The predicted molar refractivity (Wildman–Crippen MR) is 123 cm³/mol. The summed E-state index contributed by atoms with van der Waals surface area (Å²) in [4.78, 5) is 21.5. The summed E-state index contributed by atoms with van der Waals surface area (Å²) in [7, 11) is 0. The van der Waals surface area contributed by atoms with Crippen molar-refractivity contribution in [1.82, 2.24) is 14.4 Å². The van der Waals surface area contributed by atoms with E-state index >= 15 is 0 Å². The number of aliphatic hydroxyl groups is 1. The minimum atomic E-state index is -0.169. The van der Waals surface area contributed by atoms with E-state index in [1.165, 1.54) is 0 Å². The van der Waals surface area contributed by atoms with Gasteiger partial charge in [0.1, 0.15) is 5.65 Å². The lowest BCUT2D eigenvalue weighted by Crippen LogP contribution is -2.12. The van der Waals surface area contributed by atoms with E-state index in [4.69, 9.17) is 5.11 Å². The topological polar surface area (TPSA) is 79.5 Å². The molecule has 31 heavy (non-hydrogen) atoms. The van der Waals surface area contributed by atoms with E-state index in [1.807, 2.05) is 72.1 Å². The number of hydrogen-bond acceptors (Lipinski definition) is 4. The van der Waals surface area contributed by atoms with Gasteiger partial charge < -0.3 is 14.8 Å². The molecule has 0 spiro atoms. The Morgan fingerprint density at radius 1 is 1.10 bits per heavy atom. The van der Waals surface area contributed by atoms with Crippen LogP contribution in [-0.2, 0) is 6.42 Å². The van der Waals surface area contributed by atoms with Crippen LogP contribution in [0.1, 0.15) is 39.4 Å². The first kappa shape index (κ1) is 20.5. The summed E-state index contributed by atoms with van der Waals surface area (Å²) in [6.45, 7) is 2.14. The number of aliphatic hydroxyl groups excluding tert-OH is 1. The van der Waals surface area contributed by atoms with E-state index in [-0.39, 0.29) is 12.5 Å². The highest BCUT2D eigenvalue weighted by Gasteiger charge is 2.10. The summed E-state index contributed by atoms with van der Waals surface area (Å²) in [5.74, 6) is -0.169. The number of aryl methyl sites for hydroxylation is 2. The van der Waals surface area contributed by atoms with Crippen LogP contribution in [0, 0.1) is 6.92 Å². The third-order valence-corrected chi connectivity index (χ3v) is 5.09. The zero-order chi connectivity index (χ0) is 21.6. The van der Waals surface area contributed by atoms with Crippen molar-refractivity contribution >= 4 is 29.4 Å². The molecule has 0 bridgehead atoms. The molecule has 0 aliphatic heterocycles. The van der Waals surface area contributed by atoms with E-state index in [1.54, 1.807) is 18.3 Å². The molecule has 0 atom stereocenters. The van der Waals surface area contributed by atoms with Gasteiger partial charge in [-0.05, 0) is 67.8 Å². The third-order valence-electron chi connectivity index (χ3n) is 5.09. The zero-order valence-electron chi connectivity index (χ0n) is 17.3. The molecule has 4 aromatic rings. The summed E-state index contributed by atoms with van der Waals surface area (Å²) >= 11 is 0. The Morgan fingerprint density at radius 3 is 2.68 bits per heavy atom. The number of benzene rings is 1. The monoisotopic (exact) mass is 412 g/mol. The maximum absolute atomic E-state index is 12.7. The average Bonchev–Trinajstić information content (AvgIpc) is 3.12. The van der Waals surface area contributed by atoms with Crippen LogP contribution in [0.3, 0.4) is 0 Å². The van der Waals surface area contributed by atoms with Crippen LogP contribution in [0.25, 0.3) is 17.8 Å². The molecule has 6 heteroatoms. The number of pyridine rings is 2. The number of carbonyl (C=O) groups is 1. The number of anilines is 1. The number of rotatable bonds is 7. The number of nitrogens with zero attached hydrogens (tertiary/aromatic N) is 3. The summed E-state index contributed by atoms with van der Waals surface area (Å²) in [6, 6.07) is 16.9. The highest BCUT2D eigenvalue weighted by Crippen LogP contribution is 2.18. The lowest BCUT2D eigenvalue weighted by atomic mass is 10.1. The van der Waals surface area contributed by atoms with Gasteiger partial charge in [-0.3, -0.25) is 9.78 Å². The fourth-order valence-electron chi connectivity index (χ4n) is 3.37. The molecule has 3 heterocycles. The van der Waals surface area contributed by atoms with Crippen molar-refractivity contribution in [2.75, 3.05) is 11.9 Å². The summed E-state index contributed by atoms with van der Waals surface area (Å²) in [5, 5.41) is 12.0. The van der Waals surface area contributed by atoms with Crippen LogP contribution in [0.4, 0.5) is 5.69 Å². The Hall–Kier alpha value is -3.77. The maximum Gasteiger partial charge on any atom is 0.255 e. The van der Waals surface area contributed by atoms with E-state index in [0.717, 1.165) is 34.7 Å². The van der Waals surface area contributed by atoms with Crippen molar-refractivity contribution in [2.24, 2.45) is 0 Å². The summed E-state index contributed by atoms with van der Waals surface area (Å²) < 4.78 is 1.97. The van der Waals surface area contributed by atoms with Gasteiger partial charge in [-0.15, -0.1) is 0 Å². The molecule has 6 nitrogen and oxygen atoms in total. The molecule has 0 aliphatic rings. The van der Waals surface area contributed by atoms with Crippen LogP contribution >= 0.6 is 0 Å². The van der Waals surface area contributed by atoms with Crippen LogP contribution in [0.5, 0.6) is 0 Å². The van der Waals surface area contributed by atoms with Crippen molar-refractivity contribution in [3.8, 4) is 0 Å². The lowest BCUT2D eigenvalue weighted by Gasteiger charge is -2.07. The minimum Gasteiger partial charge on any atom is -0.396 e. The number of carbonyl (C=O) groups excluding carboxylic acids is 1. The Bertz CT molecular complexity index is 1210. The standard InChI is InChI=1S/C25H24N4O2/c1-18-23(6-4-16-30)28-24-14-13-22(17-29(18)24)27-25(31)20-10-7-19(8-11-20)9-12-21-5-2-3-15-26-21/h2-3,5,7-15,17,30H,4,6,16H2,1H3,(H,27,31)/b12-9+. The molecule has 0 aliphatic carbocycles. The molecule has 0 radical (unpaired) electrons. The first-order chi connectivity index (χ1) is 15.1. The van der Waals surface area contributed by atoms with Crippen molar-refractivity contribution in [1.29, 1.82) is 0 Å². The van der Waals surface area contributed by atoms with Crippen LogP contribution in [-0.4, -0.2) is 32.0 Å². The molecule has 3 aromatic heterocycles. The van der Waals surface area contributed by atoms with E-state index in [2.05, 4.69) is 15.3 Å². The Balaban J connectivity index is 1.45. The van der Waals surface area contributed by atoms with Gasteiger partial charge >= 0.3 is 0 Å². The Kier molecular flexibility index (Phi) is 6.19. The number of nitrogens with one attached hydrogen (secondary N) is 1. The van der Waals surface area contributed by atoms with Crippen LogP contribution < -0.4 is 5.32 Å². The van der Waals surface area contributed by atoms with E-state index in [0.29, 0.717) is 17.7 Å². The van der Waals surface area contributed by atoms with Crippen molar-refractivity contribution in [3.63, 3.8) is 0 Å².